The summed E-state index contributed by atoms with van der Waals surface area (Å²) in [6.45, 7) is 3.04. The zero-order chi connectivity index (χ0) is 20.7. The van der Waals surface area contributed by atoms with Gasteiger partial charge in [-0.15, -0.1) is 11.3 Å². The molecule has 1 aromatic heterocycles. The van der Waals surface area contributed by atoms with E-state index in [9.17, 15) is 14.4 Å². The van der Waals surface area contributed by atoms with Crippen LogP contribution in [0.15, 0.2) is 41.8 Å². The standard InChI is InChI=1S/C20H19NO6S/c1-12-11-28-19(20(24)25)18(12)21-17(23)7-5-4-6-14-8-9-15(27-13(2)22)16(10-14)26-3/h4-11H,1-3H3,(H,21,23)(H,24,25). The monoisotopic (exact) mass is 401 g/mol. The van der Waals surface area contributed by atoms with Crippen LogP contribution in [0.4, 0.5) is 5.69 Å². The van der Waals surface area contributed by atoms with E-state index in [0.29, 0.717) is 22.7 Å². The molecule has 0 fully saturated rings. The molecule has 0 spiro atoms. The van der Waals surface area contributed by atoms with Crippen LogP contribution in [0.2, 0.25) is 0 Å². The van der Waals surface area contributed by atoms with E-state index in [4.69, 9.17) is 14.6 Å². The molecular formula is C20H19NO6S. The quantitative estimate of drug-likeness (QED) is 0.316. The molecule has 1 heterocycles. The van der Waals surface area contributed by atoms with Gasteiger partial charge >= 0.3 is 11.9 Å². The largest absolute Gasteiger partial charge is 0.493 e. The number of amides is 1. The number of aryl methyl sites for hydroxylation is 1. The number of rotatable bonds is 7. The highest BCUT2D eigenvalue weighted by Crippen LogP contribution is 2.29. The lowest BCUT2D eigenvalue weighted by atomic mass is 10.2. The normalized spacial score (nSPS) is 11.0. The Hall–Kier alpha value is -3.39. The van der Waals surface area contributed by atoms with Gasteiger partial charge in [0, 0.05) is 13.0 Å². The maximum Gasteiger partial charge on any atom is 0.348 e. The number of ether oxygens (including phenoxy) is 2. The fourth-order valence-electron chi connectivity index (χ4n) is 2.26. The minimum atomic E-state index is -1.08. The second-order valence-electron chi connectivity index (χ2n) is 5.64. The van der Waals surface area contributed by atoms with Crippen LogP contribution in [0.1, 0.15) is 27.7 Å². The number of hydrogen-bond acceptors (Lipinski definition) is 6. The number of carbonyl (C=O) groups is 3. The second kappa shape index (κ2) is 9.52. The van der Waals surface area contributed by atoms with Gasteiger partial charge in [-0.3, -0.25) is 9.59 Å². The maximum atomic E-state index is 12.0. The number of thiophene rings is 1. The summed E-state index contributed by atoms with van der Waals surface area (Å²) in [6.07, 6.45) is 6.22. The second-order valence-corrected chi connectivity index (χ2v) is 6.52. The lowest BCUT2D eigenvalue weighted by Gasteiger charge is -2.08. The first-order valence-corrected chi connectivity index (χ1v) is 9.03. The van der Waals surface area contributed by atoms with Gasteiger partial charge in [-0.1, -0.05) is 24.3 Å². The molecule has 2 N–H and O–H groups in total. The number of carbonyl (C=O) groups excluding carboxylic acids is 2. The Morgan fingerprint density at radius 1 is 1.18 bits per heavy atom. The van der Waals surface area contributed by atoms with Crippen LogP contribution >= 0.6 is 11.3 Å². The SMILES string of the molecule is COc1cc(C=CC=CC(=O)Nc2c(C)csc2C(=O)O)ccc1OC(C)=O. The lowest BCUT2D eigenvalue weighted by molar-refractivity contribution is -0.132. The average Bonchev–Trinajstić information content (AvgIpc) is 3.00. The fraction of sp³-hybridized carbons (Fsp3) is 0.150. The lowest BCUT2D eigenvalue weighted by Crippen LogP contribution is -2.11. The van der Waals surface area contributed by atoms with E-state index in [0.717, 1.165) is 16.9 Å². The molecule has 0 aliphatic carbocycles. The molecule has 8 heteroatoms. The minimum absolute atomic E-state index is 0.0924. The molecule has 0 atom stereocenters. The van der Waals surface area contributed by atoms with Crippen molar-refractivity contribution in [3.8, 4) is 11.5 Å². The Morgan fingerprint density at radius 2 is 1.93 bits per heavy atom. The molecule has 28 heavy (non-hydrogen) atoms. The highest BCUT2D eigenvalue weighted by molar-refractivity contribution is 7.12. The molecule has 7 nitrogen and oxygen atoms in total. The molecule has 0 bridgehead atoms. The van der Waals surface area contributed by atoms with Crippen molar-refractivity contribution in [1.82, 2.24) is 0 Å². The molecule has 0 aliphatic heterocycles. The third-order valence-electron chi connectivity index (χ3n) is 3.51. The van der Waals surface area contributed by atoms with Crippen molar-refractivity contribution in [1.29, 1.82) is 0 Å². The number of nitrogens with one attached hydrogen (secondary N) is 1. The van der Waals surface area contributed by atoms with E-state index in [1.165, 1.54) is 26.2 Å². The van der Waals surface area contributed by atoms with Gasteiger partial charge in [0.1, 0.15) is 4.88 Å². The van der Waals surface area contributed by atoms with Crippen molar-refractivity contribution >= 4 is 40.9 Å². The molecule has 146 valence electrons. The molecule has 2 rings (SSSR count). The van der Waals surface area contributed by atoms with E-state index >= 15 is 0 Å². The number of carboxylic acids is 1. The van der Waals surface area contributed by atoms with Crippen molar-refractivity contribution in [3.05, 3.63) is 57.8 Å². The Bertz CT molecular complexity index is 958. The fourth-order valence-corrected chi connectivity index (χ4v) is 3.10. The number of allylic oxidation sites excluding steroid dienone is 2. The zero-order valence-corrected chi connectivity index (χ0v) is 16.3. The van der Waals surface area contributed by atoms with Crippen molar-refractivity contribution in [3.63, 3.8) is 0 Å². The Labute approximate surface area is 165 Å². The number of carboxylic acid groups (broad SMARTS) is 1. The first-order chi connectivity index (χ1) is 13.3. The Kier molecular flexibility index (Phi) is 7.11. The molecule has 1 aromatic carbocycles. The van der Waals surface area contributed by atoms with Crippen molar-refractivity contribution in [2.75, 3.05) is 12.4 Å². The summed E-state index contributed by atoms with van der Waals surface area (Å²) in [5, 5.41) is 13.4. The Balaban J connectivity index is 2.03. The number of anilines is 1. The van der Waals surface area contributed by atoms with E-state index in [-0.39, 0.29) is 4.88 Å². The number of benzene rings is 1. The Morgan fingerprint density at radius 3 is 2.57 bits per heavy atom. The van der Waals surface area contributed by atoms with Crippen LogP contribution in [0.3, 0.4) is 0 Å². The first kappa shape index (κ1) is 20.9. The third kappa shape index (κ3) is 5.55. The van der Waals surface area contributed by atoms with Crippen LogP contribution in [-0.4, -0.2) is 30.1 Å². The summed E-state index contributed by atoms with van der Waals surface area (Å²) in [7, 11) is 1.47. The van der Waals surface area contributed by atoms with Gasteiger partial charge in [0.05, 0.1) is 12.8 Å². The number of methoxy groups -OCH3 is 1. The van der Waals surface area contributed by atoms with E-state index in [1.54, 1.807) is 42.7 Å². The zero-order valence-electron chi connectivity index (χ0n) is 15.5. The topological polar surface area (TPSA) is 102 Å². The minimum Gasteiger partial charge on any atom is -0.493 e. The molecule has 0 unspecified atom stereocenters. The van der Waals surface area contributed by atoms with E-state index < -0.39 is 17.8 Å². The van der Waals surface area contributed by atoms with Gasteiger partial charge in [-0.05, 0) is 35.6 Å². The maximum absolute atomic E-state index is 12.0. The number of esters is 1. The molecule has 0 radical (unpaired) electrons. The summed E-state index contributed by atoms with van der Waals surface area (Å²) < 4.78 is 10.2. The van der Waals surface area contributed by atoms with Crippen molar-refractivity contribution in [2.45, 2.75) is 13.8 Å². The van der Waals surface area contributed by atoms with Crippen molar-refractivity contribution < 1.29 is 29.0 Å². The first-order valence-electron chi connectivity index (χ1n) is 8.15. The predicted octanol–water partition coefficient (Wildman–Crippen LogP) is 3.90. The summed E-state index contributed by atoms with van der Waals surface area (Å²) in [4.78, 5) is 34.3. The summed E-state index contributed by atoms with van der Waals surface area (Å²) in [6, 6.07) is 5.04. The van der Waals surface area contributed by atoms with Crippen LogP contribution < -0.4 is 14.8 Å². The summed E-state index contributed by atoms with van der Waals surface area (Å²) in [5.74, 6) is -1.22. The van der Waals surface area contributed by atoms with E-state index in [1.807, 2.05) is 0 Å². The summed E-state index contributed by atoms with van der Waals surface area (Å²) in [5.41, 5.74) is 1.78. The van der Waals surface area contributed by atoms with Crippen LogP contribution in [0.25, 0.3) is 6.08 Å². The number of hydrogen-bond donors (Lipinski definition) is 2. The van der Waals surface area contributed by atoms with Crippen LogP contribution in [0.5, 0.6) is 11.5 Å². The van der Waals surface area contributed by atoms with Gasteiger partial charge in [0.25, 0.3) is 0 Å². The summed E-state index contributed by atoms with van der Waals surface area (Å²) >= 11 is 1.06. The molecular weight excluding hydrogens is 382 g/mol. The van der Waals surface area contributed by atoms with Crippen LogP contribution in [-0.2, 0) is 9.59 Å². The third-order valence-corrected chi connectivity index (χ3v) is 4.59. The molecule has 0 saturated carbocycles. The van der Waals surface area contributed by atoms with Crippen molar-refractivity contribution in [2.24, 2.45) is 0 Å². The molecule has 0 aliphatic rings. The number of aromatic carboxylic acids is 1. The highest BCUT2D eigenvalue weighted by Gasteiger charge is 2.16. The van der Waals surface area contributed by atoms with Gasteiger partial charge in [-0.2, -0.15) is 0 Å². The van der Waals surface area contributed by atoms with Crippen LogP contribution in [0, 0.1) is 6.92 Å². The van der Waals surface area contributed by atoms with Gasteiger partial charge in [0.15, 0.2) is 11.5 Å². The molecule has 1 amide bonds. The van der Waals surface area contributed by atoms with Gasteiger partial charge in [0.2, 0.25) is 5.91 Å². The highest BCUT2D eigenvalue weighted by atomic mass is 32.1. The molecule has 2 aromatic rings. The van der Waals surface area contributed by atoms with Gasteiger partial charge < -0.3 is 19.9 Å². The average molecular weight is 401 g/mol. The predicted molar refractivity (Wildman–Crippen MR) is 107 cm³/mol. The smallest absolute Gasteiger partial charge is 0.348 e. The van der Waals surface area contributed by atoms with E-state index in [2.05, 4.69) is 5.32 Å². The molecule has 0 saturated heterocycles. The van der Waals surface area contributed by atoms with Gasteiger partial charge in [-0.25, -0.2) is 4.79 Å².